The van der Waals surface area contributed by atoms with Gasteiger partial charge >= 0.3 is 12.4 Å². The number of aromatic nitrogens is 1. The van der Waals surface area contributed by atoms with Crippen LogP contribution in [0.25, 0.3) is 10.9 Å². The average molecular weight is 609 g/mol. The van der Waals surface area contributed by atoms with Crippen molar-refractivity contribution in [1.29, 1.82) is 0 Å². The lowest BCUT2D eigenvalue weighted by molar-refractivity contribution is -0.143. The predicted octanol–water partition coefficient (Wildman–Crippen LogP) is 7.25. The van der Waals surface area contributed by atoms with Crippen LogP contribution in [0.3, 0.4) is 0 Å². The number of methoxy groups -OCH3 is 1. The smallest absolute Gasteiger partial charge is 0.416 e. The fourth-order valence-electron chi connectivity index (χ4n) is 6.25. The molecule has 3 saturated heterocycles. The number of thiocarbonyl (C=S) groups is 1. The van der Waals surface area contributed by atoms with E-state index in [1.165, 1.54) is 0 Å². The second-order valence-electron chi connectivity index (χ2n) is 10.8. The van der Waals surface area contributed by atoms with Gasteiger partial charge in [0.25, 0.3) is 0 Å². The van der Waals surface area contributed by atoms with E-state index in [2.05, 4.69) is 27.1 Å². The summed E-state index contributed by atoms with van der Waals surface area (Å²) < 4.78 is 85.6. The number of ether oxygens (including phenoxy) is 1. The molecule has 3 aliphatic heterocycles. The van der Waals surface area contributed by atoms with E-state index in [1.54, 1.807) is 13.3 Å². The van der Waals surface area contributed by atoms with Crippen LogP contribution in [0, 0.1) is 11.8 Å². The molecule has 6 rings (SSSR count). The predicted molar refractivity (Wildman–Crippen MR) is 153 cm³/mol. The number of alkyl halides is 6. The number of hydrogen-bond acceptors (Lipinski definition) is 4. The van der Waals surface area contributed by atoms with Crippen LogP contribution < -0.4 is 15.4 Å². The molecule has 0 amide bonds. The minimum Gasteiger partial charge on any atom is -0.497 e. The van der Waals surface area contributed by atoms with Gasteiger partial charge in [-0.3, -0.25) is 9.88 Å². The molecule has 3 fully saturated rings. The molecule has 0 spiro atoms. The van der Waals surface area contributed by atoms with Gasteiger partial charge in [0.2, 0.25) is 0 Å². The molecule has 12 heteroatoms. The van der Waals surface area contributed by atoms with E-state index in [-0.39, 0.29) is 23.1 Å². The minimum absolute atomic E-state index is 0.0803. The molecular formula is C30H30F6N4OS. The third kappa shape index (κ3) is 6.34. The van der Waals surface area contributed by atoms with Crippen molar-refractivity contribution in [3.8, 4) is 5.75 Å². The van der Waals surface area contributed by atoms with E-state index in [4.69, 9.17) is 17.0 Å². The van der Waals surface area contributed by atoms with Crippen molar-refractivity contribution < 1.29 is 31.1 Å². The summed E-state index contributed by atoms with van der Waals surface area (Å²) in [5.74, 6) is 1.41. The Balaban J connectivity index is 1.44. The van der Waals surface area contributed by atoms with E-state index in [1.807, 2.05) is 30.3 Å². The summed E-state index contributed by atoms with van der Waals surface area (Å²) in [6, 6.07) is 9.01. The Labute approximate surface area is 244 Å². The van der Waals surface area contributed by atoms with Crippen LogP contribution >= 0.6 is 12.2 Å². The third-order valence-corrected chi connectivity index (χ3v) is 8.57. The van der Waals surface area contributed by atoms with E-state index < -0.39 is 29.2 Å². The average Bonchev–Trinajstić information content (AvgIpc) is 2.96. The second-order valence-corrected chi connectivity index (χ2v) is 11.2. The molecular weight excluding hydrogens is 578 g/mol. The van der Waals surface area contributed by atoms with Crippen LogP contribution in [0.2, 0.25) is 0 Å². The first kappa shape index (κ1) is 30.1. The monoisotopic (exact) mass is 608 g/mol. The van der Waals surface area contributed by atoms with Crippen LogP contribution in [-0.4, -0.2) is 47.8 Å². The highest BCUT2D eigenvalue weighted by molar-refractivity contribution is 7.80. The molecule has 2 aromatic carbocycles. The van der Waals surface area contributed by atoms with Crippen LogP contribution in [0.1, 0.15) is 35.4 Å². The number of nitrogens with zero attached hydrogens (tertiary/aromatic N) is 2. The van der Waals surface area contributed by atoms with Crippen molar-refractivity contribution in [2.75, 3.05) is 32.1 Å². The van der Waals surface area contributed by atoms with Crippen molar-refractivity contribution >= 4 is 33.9 Å². The standard InChI is InChI=1S/C30H30F6N4OS/c1-3-17-16-40-9-7-18(17)10-27(40)25(23-6-8-37-26-5-4-22(41-2)14-24(23)26)15-38-28(42)39-21-12-19(29(31,32)33)11-20(13-21)30(34,35)36/h3-6,8,11-14,17-18,25,27H,1,7,9-10,15-16H2,2H3,(H2,38,39,42)/t17?,18?,25-,27?/m1/s1. The third-order valence-electron chi connectivity index (χ3n) is 8.33. The van der Waals surface area contributed by atoms with Gasteiger partial charge in [-0.1, -0.05) is 6.08 Å². The maximum Gasteiger partial charge on any atom is 0.416 e. The number of nitrogens with one attached hydrogen (secondary N) is 2. The first-order chi connectivity index (χ1) is 19.9. The minimum atomic E-state index is -4.96. The van der Waals surface area contributed by atoms with Gasteiger partial charge < -0.3 is 15.4 Å². The normalized spacial score (nSPS) is 22.9. The lowest BCUT2D eigenvalue weighted by atomic mass is 9.71. The highest BCUT2D eigenvalue weighted by Gasteiger charge is 2.43. The van der Waals surface area contributed by atoms with Crippen LogP contribution in [0.5, 0.6) is 5.75 Å². The summed E-state index contributed by atoms with van der Waals surface area (Å²) in [7, 11) is 1.58. The van der Waals surface area contributed by atoms with Gasteiger partial charge in [0.1, 0.15) is 5.75 Å². The van der Waals surface area contributed by atoms with E-state index in [0.29, 0.717) is 36.3 Å². The summed E-state index contributed by atoms with van der Waals surface area (Å²) in [4.78, 5) is 6.94. The summed E-state index contributed by atoms with van der Waals surface area (Å²) in [5, 5.41) is 6.44. The molecule has 1 aromatic heterocycles. The first-order valence-electron chi connectivity index (χ1n) is 13.5. The van der Waals surface area contributed by atoms with Crippen LogP contribution in [0.4, 0.5) is 32.0 Å². The Morgan fingerprint density at radius 1 is 1.12 bits per heavy atom. The number of rotatable bonds is 7. The number of pyridine rings is 1. The van der Waals surface area contributed by atoms with E-state index >= 15 is 0 Å². The maximum absolute atomic E-state index is 13.4. The summed E-state index contributed by atoms with van der Waals surface area (Å²) in [6.07, 6.45) is -4.19. The van der Waals surface area contributed by atoms with E-state index in [9.17, 15) is 26.3 Å². The molecule has 3 aromatic rings. The Morgan fingerprint density at radius 3 is 2.43 bits per heavy atom. The van der Waals surface area contributed by atoms with Crippen molar-refractivity contribution in [2.45, 2.75) is 37.2 Å². The van der Waals surface area contributed by atoms with Gasteiger partial charge in [-0.25, -0.2) is 0 Å². The zero-order valence-corrected chi connectivity index (χ0v) is 23.5. The van der Waals surface area contributed by atoms with Gasteiger partial charge in [0.05, 0.1) is 23.8 Å². The topological polar surface area (TPSA) is 49.4 Å². The van der Waals surface area contributed by atoms with Gasteiger partial charge in [0.15, 0.2) is 5.11 Å². The Bertz CT molecular complexity index is 1440. The number of benzene rings is 2. The Morgan fingerprint density at radius 2 is 1.83 bits per heavy atom. The molecule has 0 radical (unpaired) electrons. The first-order valence-corrected chi connectivity index (χ1v) is 13.9. The summed E-state index contributed by atoms with van der Waals surface area (Å²) >= 11 is 5.37. The highest BCUT2D eigenvalue weighted by Crippen LogP contribution is 2.43. The quantitative estimate of drug-likeness (QED) is 0.168. The Kier molecular flexibility index (Phi) is 8.39. The van der Waals surface area contributed by atoms with Crippen molar-refractivity contribution in [3.05, 3.63) is 78.0 Å². The zero-order chi connectivity index (χ0) is 30.2. The van der Waals surface area contributed by atoms with Crippen molar-refractivity contribution in [1.82, 2.24) is 15.2 Å². The number of anilines is 1. The zero-order valence-electron chi connectivity index (χ0n) is 22.7. The second kappa shape index (κ2) is 11.7. The SMILES string of the molecule is C=CC1CN2CCC1CC2[C@H](CNC(=S)Nc1cc(C(F)(F)F)cc(C(F)(F)F)c1)c1ccnc2ccc(OC)cc12. The number of hydrogen-bond donors (Lipinski definition) is 2. The lowest BCUT2D eigenvalue weighted by Gasteiger charge is -2.52. The molecule has 2 N–H and O–H groups in total. The number of piperidine rings is 3. The fourth-order valence-corrected chi connectivity index (χ4v) is 6.45. The summed E-state index contributed by atoms with van der Waals surface area (Å²) in [6.45, 7) is 6.09. The molecule has 3 aliphatic rings. The molecule has 42 heavy (non-hydrogen) atoms. The van der Waals surface area contributed by atoms with E-state index in [0.717, 1.165) is 42.4 Å². The molecule has 5 nitrogen and oxygen atoms in total. The largest absolute Gasteiger partial charge is 0.497 e. The molecule has 2 bridgehead atoms. The van der Waals surface area contributed by atoms with Gasteiger partial charge in [-0.15, -0.1) is 6.58 Å². The molecule has 4 unspecified atom stereocenters. The summed E-state index contributed by atoms with van der Waals surface area (Å²) in [5.41, 5.74) is -1.46. The van der Waals surface area contributed by atoms with Crippen LogP contribution in [-0.2, 0) is 12.4 Å². The number of halogens is 6. The van der Waals surface area contributed by atoms with Gasteiger partial charge in [-0.05, 0) is 91.5 Å². The number of fused-ring (bicyclic) bond motifs is 4. The molecule has 0 saturated carbocycles. The molecule has 4 heterocycles. The molecule has 224 valence electrons. The van der Waals surface area contributed by atoms with Gasteiger partial charge in [-0.2, -0.15) is 26.3 Å². The Hall–Kier alpha value is -3.38. The fraction of sp³-hybridized carbons (Fsp3) is 0.400. The highest BCUT2D eigenvalue weighted by atomic mass is 32.1. The van der Waals surface area contributed by atoms with Crippen LogP contribution in [0.15, 0.2) is 61.3 Å². The van der Waals surface area contributed by atoms with Crippen molar-refractivity contribution in [3.63, 3.8) is 0 Å². The molecule has 0 aliphatic carbocycles. The lowest BCUT2D eigenvalue weighted by Crippen LogP contribution is -2.56. The molecule has 5 atom stereocenters. The maximum atomic E-state index is 13.4. The van der Waals surface area contributed by atoms with Gasteiger partial charge in [0, 0.05) is 42.3 Å². The van der Waals surface area contributed by atoms with Crippen molar-refractivity contribution in [2.24, 2.45) is 11.8 Å².